The minimum Gasteiger partial charge on any atom is -0.207 e. The number of benzene rings is 1. The lowest BCUT2D eigenvalue weighted by Crippen LogP contribution is -2.33. The van der Waals surface area contributed by atoms with Crippen LogP contribution in [-0.4, -0.2) is 14.5 Å². The van der Waals surface area contributed by atoms with Gasteiger partial charge >= 0.3 is 0 Å². The third kappa shape index (κ3) is 2.99. The third-order valence-corrected chi connectivity index (χ3v) is 4.00. The molecular weight excluding hydrogens is 246 g/mol. The number of sulfonamides is 1. The van der Waals surface area contributed by atoms with Gasteiger partial charge in [0.15, 0.2) is 0 Å². The van der Waals surface area contributed by atoms with Crippen LogP contribution in [0.2, 0.25) is 5.02 Å². The highest BCUT2D eigenvalue weighted by Crippen LogP contribution is 2.20. The topological polar surface area (TPSA) is 46.2 Å². The average Bonchev–Trinajstić information content (AvgIpc) is 2.26. The molecule has 0 saturated carbocycles. The summed E-state index contributed by atoms with van der Waals surface area (Å²) in [6.07, 6.45) is 5.72. The summed E-state index contributed by atoms with van der Waals surface area (Å²) in [4.78, 5) is 0.0466. The molecule has 1 aromatic carbocycles. The smallest absolute Gasteiger partial charge is 0.207 e. The lowest BCUT2D eigenvalue weighted by molar-refractivity contribution is 0.570. The first-order valence-corrected chi connectivity index (χ1v) is 6.60. The van der Waals surface area contributed by atoms with Crippen molar-refractivity contribution in [2.75, 3.05) is 0 Å². The first kappa shape index (κ1) is 13.0. The molecule has 1 atom stereocenters. The molecule has 1 aromatic rings. The molecular formula is C11H12ClNO2S. The van der Waals surface area contributed by atoms with Crippen molar-refractivity contribution in [1.82, 2.24) is 4.72 Å². The maximum Gasteiger partial charge on any atom is 0.243 e. The lowest BCUT2D eigenvalue weighted by Gasteiger charge is -2.12. The fourth-order valence-corrected chi connectivity index (χ4v) is 2.91. The van der Waals surface area contributed by atoms with E-state index >= 15 is 0 Å². The zero-order chi connectivity index (χ0) is 12.2. The van der Waals surface area contributed by atoms with Crippen LogP contribution < -0.4 is 4.72 Å². The van der Waals surface area contributed by atoms with Crippen LogP contribution in [0.5, 0.6) is 0 Å². The molecule has 0 aromatic heterocycles. The second kappa shape index (κ2) is 5.35. The fourth-order valence-electron chi connectivity index (χ4n) is 1.15. The van der Waals surface area contributed by atoms with E-state index in [-0.39, 0.29) is 9.92 Å². The van der Waals surface area contributed by atoms with Gasteiger partial charge in [-0.2, -0.15) is 4.72 Å². The van der Waals surface area contributed by atoms with Gasteiger partial charge < -0.3 is 0 Å². The van der Waals surface area contributed by atoms with E-state index in [0.717, 1.165) is 0 Å². The Morgan fingerprint density at radius 1 is 1.50 bits per heavy atom. The zero-order valence-corrected chi connectivity index (χ0v) is 10.3. The van der Waals surface area contributed by atoms with Crippen molar-refractivity contribution >= 4 is 21.6 Å². The highest BCUT2D eigenvalue weighted by molar-refractivity contribution is 7.89. The summed E-state index contributed by atoms with van der Waals surface area (Å²) in [6.45, 7) is 1.81. The number of nitrogens with one attached hydrogen (secondary N) is 1. The van der Waals surface area contributed by atoms with Gasteiger partial charge in [-0.3, -0.25) is 0 Å². The minimum absolute atomic E-state index is 0.0466. The molecule has 0 aliphatic heterocycles. The molecule has 0 radical (unpaired) electrons. The quantitative estimate of drug-likeness (QED) is 0.839. The molecule has 16 heavy (non-hydrogen) atoms. The predicted molar refractivity (Wildman–Crippen MR) is 64.7 cm³/mol. The molecule has 0 fully saturated rings. The Morgan fingerprint density at radius 2 is 2.12 bits per heavy atom. The SMILES string of the molecule is C#CC(CC)NS(=O)(=O)c1ccccc1Cl. The van der Waals surface area contributed by atoms with Crippen LogP contribution in [0, 0.1) is 12.3 Å². The summed E-state index contributed by atoms with van der Waals surface area (Å²) >= 11 is 5.81. The maximum absolute atomic E-state index is 11.9. The van der Waals surface area contributed by atoms with E-state index in [1.807, 2.05) is 0 Å². The number of terminal acetylenes is 1. The van der Waals surface area contributed by atoms with Crippen molar-refractivity contribution in [3.63, 3.8) is 0 Å². The molecule has 1 N–H and O–H groups in total. The molecule has 0 heterocycles. The molecule has 0 saturated heterocycles. The van der Waals surface area contributed by atoms with Gasteiger partial charge in [0.2, 0.25) is 10.0 Å². The fraction of sp³-hybridized carbons (Fsp3) is 0.273. The van der Waals surface area contributed by atoms with Gasteiger partial charge in [-0.1, -0.05) is 36.6 Å². The van der Waals surface area contributed by atoms with Gasteiger partial charge in [0, 0.05) is 0 Å². The van der Waals surface area contributed by atoms with Gasteiger partial charge in [-0.05, 0) is 18.6 Å². The Bertz CT molecular complexity index is 505. The van der Waals surface area contributed by atoms with Gasteiger partial charge in [0.05, 0.1) is 11.1 Å². The number of hydrogen-bond donors (Lipinski definition) is 1. The highest BCUT2D eigenvalue weighted by atomic mass is 35.5. The van der Waals surface area contributed by atoms with Gasteiger partial charge in [-0.15, -0.1) is 6.42 Å². The van der Waals surface area contributed by atoms with Gasteiger partial charge in [0.1, 0.15) is 4.90 Å². The molecule has 3 nitrogen and oxygen atoms in total. The van der Waals surface area contributed by atoms with Crippen LogP contribution in [0.4, 0.5) is 0 Å². The first-order chi connectivity index (χ1) is 7.51. The second-order valence-electron chi connectivity index (χ2n) is 3.18. The summed E-state index contributed by atoms with van der Waals surface area (Å²) < 4.78 is 26.2. The van der Waals surface area contributed by atoms with Crippen LogP contribution in [0.25, 0.3) is 0 Å². The van der Waals surface area contributed by atoms with E-state index in [4.69, 9.17) is 18.0 Å². The third-order valence-electron chi connectivity index (χ3n) is 2.03. The molecule has 1 unspecified atom stereocenters. The first-order valence-electron chi connectivity index (χ1n) is 4.74. The largest absolute Gasteiger partial charge is 0.243 e. The van der Waals surface area contributed by atoms with E-state index in [1.165, 1.54) is 12.1 Å². The molecule has 86 valence electrons. The maximum atomic E-state index is 11.9. The lowest BCUT2D eigenvalue weighted by atomic mass is 10.3. The van der Waals surface area contributed by atoms with Crippen molar-refractivity contribution in [1.29, 1.82) is 0 Å². The van der Waals surface area contributed by atoms with Crippen molar-refractivity contribution in [3.05, 3.63) is 29.3 Å². The average molecular weight is 258 g/mol. The number of rotatable bonds is 4. The highest BCUT2D eigenvalue weighted by Gasteiger charge is 2.19. The Balaban J connectivity index is 3.05. The Hall–Kier alpha value is -1.02. The molecule has 5 heteroatoms. The molecule has 0 amide bonds. The zero-order valence-electron chi connectivity index (χ0n) is 8.77. The van der Waals surface area contributed by atoms with Crippen molar-refractivity contribution < 1.29 is 8.42 Å². The summed E-state index contributed by atoms with van der Waals surface area (Å²) in [7, 11) is -3.64. The van der Waals surface area contributed by atoms with Crippen molar-refractivity contribution in [2.45, 2.75) is 24.3 Å². The van der Waals surface area contributed by atoms with Crippen LogP contribution in [-0.2, 0) is 10.0 Å². The van der Waals surface area contributed by atoms with E-state index < -0.39 is 16.1 Å². The summed E-state index contributed by atoms with van der Waals surface area (Å²) in [6, 6.07) is 5.72. The summed E-state index contributed by atoms with van der Waals surface area (Å²) in [5, 5.41) is 0.182. The summed E-state index contributed by atoms with van der Waals surface area (Å²) in [5.41, 5.74) is 0. The van der Waals surface area contributed by atoms with E-state index in [2.05, 4.69) is 10.6 Å². The second-order valence-corrected chi connectivity index (χ2v) is 5.27. The Morgan fingerprint density at radius 3 is 2.62 bits per heavy atom. The normalized spacial score (nSPS) is 13.1. The van der Waals surface area contributed by atoms with Crippen LogP contribution in [0.15, 0.2) is 29.2 Å². The van der Waals surface area contributed by atoms with E-state index in [1.54, 1.807) is 19.1 Å². The van der Waals surface area contributed by atoms with E-state index in [9.17, 15) is 8.42 Å². The molecule has 0 spiro atoms. The van der Waals surface area contributed by atoms with Gasteiger partial charge in [-0.25, -0.2) is 8.42 Å². The monoisotopic (exact) mass is 257 g/mol. The standard InChI is InChI=1S/C11H12ClNO2S/c1-3-9(4-2)13-16(14,15)11-8-6-5-7-10(11)12/h1,5-9,13H,4H2,2H3. The predicted octanol–water partition coefficient (Wildman–Crippen LogP) is 2.03. The van der Waals surface area contributed by atoms with Crippen LogP contribution >= 0.6 is 11.6 Å². The Labute approximate surface area is 101 Å². The minimum atomic E-state index is -3.64. The molecule has 1 rings (SSSR count). The number of hydrogen-bond acceptors (Lipinski definition) is 2. The van der Waals surface area contributed by atoms with Crippen molar-refractivity contribution in [2.24, 2.45) is 0 Å². The van der Waals surface area contributed by atoms with E-state index in [0.29, 0.717) is 6.42 Å². The van der Waals surface area contributed by atoms with Crippen LogP contribution in [0.3, 0.4) is 0 Å². The molecule has 0 aliphatic rings. The van der Waals surface area contributed by atoms with Crippen LogP contribution in [0.1, 0.15) is 13.3 Å². The van der Waals surface area contributed by atoms with Gasteiger partial charge in [0.25, 0.3) is 0 Å². The molecule has 0 aliphatic carbocycles. The summed E-state index contributed by atoms with van der Waals surface area (Å²) in [5.74, 6) is 2.36. The number of halogens is 1. The molecule has 0 bridgehead atoms. The Kier molecular flexibility index (Phi) is 4.36. The van der Waals surface area contributed by atoms with Crippen molar-refractivity contribution in [3.8, 4) is 12.3 Å².